The summed E-state index contributed by atoms with van der Waals surface area (Å²) in [6, 6.07) is 6.82. The Bertz CT molecular complexity index is 415. The van der Waals surface area contributed by atoms with Crippen LogP contribution in [0.2, 0.25) is 0 Å². The van der Waals surface area contributed by atoms with Gasteiger partial charge in [0.15, 0.2) is 11.5 Å². The van der Waals surface area contributed by atoms with Crippen molar-refractivity contribution in [3.05, 3.63) is 23.8 Å². The second-order valence-corrected chi connectivity index (χ2v) is 5.68. The van der Waals surface area contributed by atoms with Crippen LogP contribution in [-0.4, -0.2) is 26.8 Å². The molecule has 1 saturated carbocycles. The molecule has 1 unspecified atom stereocenters. The molecule has 0 heterocycles. The summed E-state index contributed by atoms with van der Waals surface area (Å²) in [6.07, 6.45) is 6.59. The molecule has 1 aromatic carbocycles. The molecule has 0 radical (unpaired) electrons. The zero-order valence-corrected chi connectivity index (χ0v) is 12.9. The van der Waals surface area contributed by atoms with Gasteiger partial charge in [-0.2, -0.15) is 0 Å². The Balaban J connectivity index is 2.00. The van der Waals surface area contributed by atoms with E-state index in [0.717, 1.165) is 30.4 Å². The lowest BCUT2D eigenvalue weighted by Crippen LogP contribution is -2.34. The zero-order valence-electron chi connectivity index (χ0n) is 12.9. The molecule has 0 amide bonds. The first kappa shape index (κ1) is 15.2. The van der Waals surface area contributed by atoms with Crippen LogP contribution in [0.5, 0.6) is 11.5 Å². The van der Waals surface area contributed by atoms with Gasteiger partial charge >= 0.3 is 0 Å². The van der Waals surface area contributed by atoms with Crippen LogP contribution in [0.15, 0.2) is 18.2 Å². The standard InChI is InChI=1S/C17H27NO2/c1-4-18-15(10-13-6-5-7-13)11-14-8-9-16(19-2)17(12-14)20-3/h8-9,12-13,15,18H,4-7,10-11H2,1-3H3. The summed E-state index contributed by atoms with van der Waals surface area (Å²) in [6.45, 7) is 3.22. The highest BCUT2D eigenvalue weighted by Crippen LogP contribution is 2.32. The predicted octanol–water partition coefficient (Wildman–Crippen LogP) is 3.41. The maximum atomic E-state index is 5.39. The number of hydrogen-bond donors (Lipinski definition) is 1. The molecule has 1 aliphatic carbocycles. The van der Waals surface area contributed by atoms with Gasteiger partial charge < -0.3 is 14.8 Å². The van der Waals surface area contributed by atoms with E-state index in [4.69, 9.17) is 9.47 Å². The quantitative estimate of drug-likeness (QED) is 0.790. The first-order valence-corrected chi connectivity index (χ1v) is 7.71. The lowest BCUT2D eigenvalue weighted by Gasteiger charge is -2.30. The van der Waals surface area contributed by atoms with E-state index in [2.05, 4.69) is 24.4 Å². The molecule has 2 rings (SSSR count). The molecule has 0 bridgehead atoms. The molecule has 1 N–H and O–H groups in total. The molecule has 20 heavy (non-hydrogen) atoms. The molecule has 0 spiro atoms. The predicted molar refractivity (Wildman–Crippen MR) is 82.7 cm³/mol. The van der Waals surface area contributed by atoms with Gasteiger partial charge in [-0.1, -0.05) is 32.3 Å². The lowest BCUT2D eigenvalue weighted by atomic mass is 9.80. The molecule has 3 heteroatoms. The van der Waals surface area contributed by atoms with Crippen LogP contribution in [0.25, 0.3) is 0 Å². The van der Waals surface area contributed by atoms with E-state index >= 15 is 0 Å². The van der Waals surface area contributed by atoms with E-state index in [9.17, 15) is 0 Å². The highest BCUT2D eigenvalue weighted by molar-refractivity contribution is 5.43. The summed E-state index contributed by atoms with van der Waals surface area (Å²) in [4.78, 5) is 0. The molecule has 1 atom stereocenters. The summed E-state index contributed by atoms with van der Waals surface area (Å²) >= 11 is 0. The second-order valence-electron chi connectivity index (χ2n) is 5.68. The number of ether oxygens (including phenoxy) is 2. The van der Waals surface area contributed by atoms with Gasteiger partial charge in [0.05, 0.1) is 14.2 Å². The average Bonchev–Trinajstić information content (AvgIpc) is 2.42. The summed E-state index contributed by atoms with van der Waals surface area (Å²) in [5, 5.41) is 3.62. The molecule has 3 nitrogen and oxygen atoms in total. The highest BCUT2D eigenvalue weighted by Gasteiger charge is 2.22. The van der Waals surface area contributed by atoms with E-state index in [-0.39, 0.29) is 0 Å². The Morgan fingerprint density at radius 3 is 2.50 bits per heavy atom. The fourth-order valence-electron chi connectivity index (χ4n) is 2.95. The summed E-state index contributed by atoms with van der Waals surface area (Å²) < 4.78 is 10.7. The Labute approximate surface area is 122 Å². The van der Waals surface area contributed by atoms with E-state index < -0.39 is 0 Å². The van der Waals surface area contributed by atoms with Gasteiger partial charge in [-0.3, -0.25) is 0 Å². The number of hydrogen-bond acceptors (Lipinski definition) is 3. The second kappa shape index (κ2) is 7.53. The van der Waals surface area contributed by atoms with Crippen molar-refractivity contribution < 1.29 is 9.47 Å². The molecule has 1 aliphatic rings. The third-order valence-electron chi connectivity index (χ3n) is 4.27. The molecule has 0 aromatic heterocycles. The molecular weight excluding hydrogens is 250 g/mol. The minimum Gasteiger partial charge on any atom is -0.493 e. The fourth-order valence-corrected chi connectivity index (χ4v) is 2.95. The largest absolute Gasteiger partial charge is 0.493 e. The summed E-state index contributed by atoms with van der Waals surface area (Å²) in [5.74, 6) is 2.55. The third kappa shape index (κ3) is 3.89. The van der Waals surface area contributed by atoms with Crippen molar-refractivity contribution in [2.24, 2.45) is 5.92 Å². The first-order valence-electron chi connectivity index (χ1n) is 7.71. The van der Waals surface area contributed by atoms with Gasteiger partial charge in [-0.05, 0) is 43.0 Å². The van der Waals surface area contributed by atoms with E-state index in [1.807, 2.05) is 6.07 Å². The molecule has 0 saturated heterocycles. The van der Waals surface area contributed by atoms with Crippen LogP contribution in [-0.2, 0) is 6.42 Å². The van der Waals surface area contributed by atoms with Crippen LogP contribution < -0.4 is 14.8 Å². The lowest BCUT2D eigenvalue weighted by molar-refractivity contribution is 0.260. The Hall–Kier alpha value is -1.22. The highest BCUT2D eigenvalue weighted by atomic mass is 16.5. The van der Waals surface area contributed by atoms with Crippen molar-refractivity contribution in [1.29, 1.82) is 0 Å². The Morgan fingerprint density at radius 2 is 1.95 bits per heavy atom. The number of rotatable bonds is 8. The molecular formula is C17H27NO2. The Kier molecular flexibility index (Phi) is 5.72. The van der Waals surface area contributed by atoms with Crippen molar-refractivity contribution in [1.82, 2.24) is 5.32 Å². The summed E-state index contributed by atoms with van der Waals surface area (Å²) in [5.41, 5.74) is 1.31. The van der Waals surface area contributed by atoms with Crippen molar-refractivity contribution >= 4 is 0 Å². The molecule has 1 aromatic rings. The van der Waals surface area contributed by atoms with Crippen LogP contribution in [0.4, 0.5) is 0 Å². The monoisotopic (exact) mass is 277 g/mol. The van der Waals surface area contributed by atoms with Crippen molar-refractivity contribution in [3.8, 4) is 11.5 Å². The maximum Gasteiger partial charge on any atom is 0.160 e. The van der Waals surface area contributed by atoms with E-state index in [1.54, 1.807) is 14.2 Å². The number of methoxy groups -OCH3 is 2. The topological polar surface area (TPSA) is 30.5 Å². The molecule has 0 aliphatic heterocycles. The zero-order chi connectivity index (χ0) is 14.4. The average molecular weight is 277 g/mol. The van der Waals surface area contributed by atoms with Crippen LogP contribution in [0, 0.1) is 5.92 Å². The van der Waals surface area contributed by atoms with E-state index in [0.29, 0.717) is 6.04 Å². The van der Waals surface area contributed by atoms with E-state index in [1.165, 1.54) is 31.2 Å². The van der Waals surface area contributed by atoms with Gasteiger partial charge in [0.1, 0.15) is 0 Å². The maximum absolute atomic E-state index is 5.39. The smallest absolute Gasteiger partial charge is 0.160 e. The van der Waals surface area contributed by atoms with Crippen LogP contribution in [0.3, 0.4) is 0 Å². The fraction of sp³-hybridized carbons (Fsp3) is 0.647. The first-order chi connectivity index (χ1) is 9.76. The number of benzene rings is 1. The van der Waals surface area contributed by atoms with Crippen LogP contribution in [0.1, 0.15) is 38.2 Å². The molecule has 112 valence electrons. The van der Waals surface area contributed by atoms with Crippen LogP contribution >= 0.6 is 0 Å². The Morgan fingerprint density at radius 1 is 1.20 bits per heavy atom. The van der Waals surface area contributed by atoms with Crippen molar-refractivity contribution in [2.45, 2.75) is 45.1 Å². The van der Waals surface area contributed by atoms with Gasteiger partial charge in [-0.25, -0.2) is 0 Å². The van der Waals surface area contributed by atoms with Crippen molar-refractivity contribution in [3.63, 3.8) is 0 Å². The molecule has 1 fully saturated rings. The SMILES string of the molecule is CCNC(Cc1ccc(OC)c(OC)c1)CC1CCC1. The van der Waals surface area contributed by atoms with Gasteiger partial charge in [0, 0.05) is 6.04 Å². The third-order valence-corrected chi connectivity index (χ3v) is 4.27. The normalized spacial score (nSPS) is 16.6. The van der Waals surface area contributed by atoms with Gasteiger partial charge in [0.25, 0.3) is 0 Å². The minimum absolute atomic E-state index is 0.573. The number of nitrogens with one attached hydrogen (secondary N) is 1. The van der Waals surface area contributed by atoms with Crippen molar-refractivity contribution in [2.75, 3.05) is 20.8 Å². The number of likely N-dealkylation sites (N-methyl/N-ethyl adjacent to an activating group) is 1. The van der Waals surface area contributed by atoms with Gasteiger partial charge in [0.2, 0.25) is 0 Å². The minimum atomic E-state index is 0.573. The van der Waals surface area contributed by atoms with Gasteiger partial charge in [-0.15, -0.1) is 0 Å². The summed E-state index contributed by atoms with van der Waals surface area (Å²) in [7, 11) is 3.37.